The van der Waals surface area contributed by atoms with E-state index in [1.165, 1.54) is 16.7 Å². The first-order chi connectivity index (χ1) is 14.6. The van der Waals surface area contributed by atoms with Crippen LogP contribution in [0.3, 0.4) is 0 Å². The van der Waals surface area contributed by atoms with Gasteiger partial charge in [0.25, 0.3) is 0 Å². The number of halogens is 1. The van der Waals surface area contributed by atoms with E-state index in [4.69, 9.17) is 0 Å². The number of amides is 1. The molecule has 1 aliphatic rings. The van der Waals surface area contributed by atoms with E-state index in [-0.39, 0.29) is 11.8 Å². The molecule has 0 aromatic heterocycles. The molecule has 3 heteroatoms. The van der Waals surface area contributed by atoms with E-state index in [2.05, 4.69) is 77.5 Å². The molecule has 3 aromatic carbocycles. The molecule has 1 fully saturated rings. The minimum absolute atomic E-state index is 0.0818. The molecule has 152 valence electrons. The average Bonchev–Trinajstić information content (AvgIpc) is 3.14. The highest BCUT2D eigenvalue weighted by Gasteiger charge is 2.33. The van der Waals surface area contributed by atoms with Crippen molar-refractivity contribution in [3.8, 4) is 0 Å². The van der Waals surface area contributed by atoms with Crippen molar-refractivity contribution in [1.82, 2.24) is 0 Å². The van der Waals surface area contributed by atoms with Gasteiger partial charge in [0, 0.05) is 22.6 Å². The van der Waals surface area contributed by atoms with E-state index in [9.17, 15) is 4.79 Å². The highest BCUT2D eigenvalue weighted by atomic mass is 79.9. The van der Waals surface area contributed by atoms with Gasteiger partial charge in [0.05, 0.1) is 0 Å². The minimum atomic E-state index is 0.0818. The summed E-state index contributed by atoms with van der Waals surface area (Å²) in [5.74, 6) is 0.637. The van der Waals surface area contributed by atoms with E-state index in [1.54, 1.807) is 0 Å². The van der Waals surface area contributed by atoms with Crippen molar-refractivity contribution >= 4 is 33.1 Å². The highest BCUT2D eigenvalue weighted by molar-refractivity contribution is 9.10. The summed E-state index contributed by atoms with van der Waals surface area (Å²) in [6.07, 6.45) is 4.12. The Balaban J connectivity index is 1.54. The molecule has 2 unspecified atom stereocenters. The number of hydrogen-bond donors (Lipinski definition) is 0. The molecule has 2 nitrogen and oxygen atoms in total. The van der Waals surface area contributed by atoms with Crippen molar-refractivity contribution < 1.29 is 4.79 Å². The van der Waals surface area contributed by atoms with Gasteiger partial charge in [-0.25, -0.2) is 0 Å². The quantitative estimate of drug-likeness (QED) is 0.389. The lowest BCUT2D eigenvalue weighted by Crippen LogP contribution is -2.27. The van der Waals surface area contributed by atoms with Crippen LogP contribution in [0.15, 0.2) is 95.5 Å². The highest BCUT2D eigenvalue weighted by Crippen LogP contribution is 2.32. The molecule has 0 radical (unpaired) electrons. The zero-order chi connectivity index (χ0) is 20.9. The van der Waals surface area contributed by atoms with Crippen molar-refractivity contribution in [3.63, 3.8) is 0 Å². The summed E-state index contributed by atoms with van der Waals surface area (Å²) < 4.78 is 1.07. The van der Waals surface area contributed by atoms with Gasteiger partial charge in [0.2, 0.25) is 5.91 Å². The standard InChI is InChI=1S/C27H26BrNO/c1-20(18-23-16-17-29(27(23)30)25-10-6-3-7-11-25)19-26(21-8-4-2-5-9-21)22-12-14-24(28)15-13-22/h2-15,19-20,23H,16-18H2,1H3. The number of nitrogens with zero attached hydrogens (tertiary/aromatic N) is 1. The predicted molar refractivity (Wildman–Crippen MR) is 128 cm³/mol. The average molecular weight is 460 g/mol. The Labute approximate surface area is 187 Å². The Morgan fingerprint density at radius 1 is 0.967 bits per heavy atom. The summed E-state index contributed by atoms with van der Waals surface area (Å²) in [5, 5.41) is 0. The van der Waals surface area contributed by atoms with Gasteiger partial charge >= 0.3 is 0 Å². The molecule has 1 aliphatic heterocycles. The van der Waals surface area contributed by atoms with E-state index in [1.807, 2.05) is 41.3 Å². The third kappa shape index (κ3) is 4.73. The maximum absolute atomic E-state index is 13.0. The normalized spacial score (nSPS) is 17.9. The van der Waals surface area contributed by atoms with Crippen molar-refractivity contribution in [3.05, 3.63) is 107 Å². The van der Waals surface area contributed by atoms with E-state index in [0.29, 0.717) is 5.92 Å². The fourth-order valence-corrected chi connectivity index (χ4v) is 4.49. The van der Waals surface area contributed by atoms with Crippen LogP contribution in [0.25, 0.3) is 5.57 Å². The molecule has 0 aliphatic carbocycles. The van der Waals surface area contributed by atoms with Crippen molar-refractivity contribution in [2.45, 2.75) is 19.8 Å². The molecule has 0 N–H and O–H groups in total. The molecule has 3 aromatic rings. The molecular weight excluding hydrogens is 434 g/mol. The second-order valence-corrected chi connectivity index (χ2v) is 8.89. The molecule has 1 amide bonds. The first-order valence-corrected chi connectivity index (χ1v) is 11.3. The number of benzene rings is 3. The molecule has 4 rings (SSSR count). The number of allylic oxidation sites excluding steroid dienone is 1. The van der Waals surface area contributed by atoms with Crippen LogP contribution < -0.4 is 4.90 Å². The van der Waals surface area contributed by atoms with E-state index < -0.39 is 0 Å². The SMILES string of the molecule is CC(C=C(c1ccccc1)c1ccc(Br)cc1)CC1CCN(c2ccccc2)C1=O. The third-order valence-electron chi connectivity index (χ3n) is 5.73. The van der Waals surface area contributed by atoms with Gasteiger partial charge in [-0.05, 0) is 59.7 Å². The van der Waals surface area contributed by atoms with Gasteiger partial charge in [-0.15, -0.1) is 0 Å². The van der Waals surface area contributed by atoms with Crippen LogP contribution in [-0.2, 0) is 4.79 Å². The second-order valence-electron chi connectivity index (χ2n) is 7.98. The van der Waals surface area contributed by atoms with Gasteiger partial charge in [-0.2, -0.15) is 0 Å². The summed E-state index contributed by atoms with van der Waals surface area (Å²) in [6, 6.07) is 29.0. The Morgan fingerprint density at radius 3 is 2.23 bits per heavy atom. The van der Waals surface area contributed by atoms with Crippen LogP contribution in [-0.4, -0.2) is 12.5 Å². The second kappa shape index (κ2) is 9.44. The zero-order valence-electron chi connectivity index (χ0n) is 17.2. The third-order valence-corrected chi connectivity index (χ3v) is 6.26. The molecular formula is C27H26BrNO. The lowest BCUT2D eigenvalue weighted by atomic mass is 9.89. The van der Waals surface area contributed by atoms with Crippen molar-refractivity contribution in [2.75, 3.05) is 11.4 Å². The predicted octanol–water partition coefficient (Wildman–Crippen LogP) is 6.96. The van der Waals surface area contributed by atoms with E-state index >= 15 is 0 Å². The Kier molecular flexibility index (Phi) is 6.49. The first-order valence-electron chi connectivity index (χ1n) is 10.5. The van der Waals surface area contributed by atoms with Crippen LogP contribution in [0.4, 0.5) is 5.69 Å². The zero-order valence-corrected chi connectivity index (χ0v) is 18.8. The van der Waals surface area contributed by atoms with Crippen LogP contribution in [0.1, 0.15) is 30.9 Å². The Morgan fingerprint density at radius 2 is 1.57 bits per heavy atom. The lowest BCUT2D eigenvalue weighted by Gasteiger charge is -2.18. The molecule has 2 atom stereocenters. The van der Waals surface area contributed by atoms with Gasteiger partial charge in [-0.1, -0.05) is 89.6 Å². The minimum Gasteiger partial charge on any atom is -0.312 e. The molecule has 0 bridgehead atoms. The first kappa shape index (κ1) is 20.6. The van der Waals surface area contributed by atoms with Gasteiger partial charge in [0.1, 0.15) is 0 Å². The van der Waals surface area contributed by atoms with Crippen molar-refractivity contribution in [2.24, 2.45) is 11.8 Å². The lowest BCUT2D eigenvalue weighted by molar-refractivity contribution is -0.120. The smallest absolute Gasteiger partial charge is 0.230 e. The number of carbonyl (C=O) groups excluding carboxylic acids is 1. The number of rotatable bonds is 6. The van der Waals surface area contributed by atoms with Crippen LogP contribution >= 0.6 is 15.9 Å². The fourth-order valence-electron chi connectivity index (χ4n) is 4.23. The summed E-state index contributed by atoms with van der Waals surface area (Å²) in [4.78, 5) is 14.9. The van der Waals surface area contributed by atoms with Crippen LogP contribution in [0, 0.1) is 11.8 Å². The number of carbonyl (C=O) groups is 1. The Bertz CT molecular complexity index is 1010. The topological polar surface area (TPSA) is 20.3 Å². The summed E-state index contributed by atoms with van der Waals surface area (Å²) in [5.41, 5.74) is 4.63. The van der Waals surface area contributed by atoms with Gasteiger partial charge in [-0.3, -0.25) is 4.79 Å². The fraction of sp³-hybridized carbons (Fsp3) is 0.222. The molecule has 0 saturated carbocycles. The Hall–Kier alpha value is -2.65. The van der Waals surface area contributed by atoms with Gasteiger partial charge in [0.15, 0.2) is 0 Å². The maximum atomic E-state index is 13.0. The summed E-state index contributed by atoms with van der Waals surface area (Å²) in [6.45, 7) is 3.03. The van der Waals surface area contributed by atoms with E-state index in [0.717, 1.165) is 29.5 Å². The monoisotopic (exact) mass is 459 g/mol. The molecule has 1 saturated heterocycles. The van der Waals surface area contributed by atoms with Gasteiger partial charge < -0.3 is 4.90 Å². The maximum Gasteiger partial charge on any atom is 0.230 e. The molecule has 1 heterocycles. The number of para-hydroxylation sites is 1. The number of anilines is 1. The molecule has 30 heavy (non-hydrogen) atoms. The largest absolute Gasteiger partial charge is 0.312 e. The summed E-state index contributed by atoms with van der Waals surface area (Å²) >= 11 is 3.53. The van der Waals surface area contributed by atoms with Crippen LogP contribution in [0.5, 0.6) is 0 Å². The summed E-state index contributed by atoms with van der Waals surface area (Å²) in [7, 11) is 0. The molecule has 0 spiro atoms. The number of hydrogen-bond acceptors (Lipinski definition) is 1. The van der Waals surface area contributed by atoms with Crippen molar-refractivity contribution in [1.29, 1.82) is 0 Å². The van der Waals surface area contributed by atoms with Crippen LogP contribution in [0.2, 0.25) is 0 Å².